The number of rotatable bonds is 3. The molecule has 0 unspecified atom stereocenters. The van der Waals surface area contributed by atoms with Crippen LogP contribution in [0.4, 0.5) is 0 Å². The smallest absolute Gasteiger partial charge is 0.218 e. The lowest BCUT2D eigenvalue weighted by Gasteiger charge is -2.30. The second-order valence-corrected chi connectivity index (χ2v) is 8.64. The Balaban J connectivity index is 1.55. The summed E-state index contributed by atoms with van der Waals surface area (Å²) in [6.45, 7) is 1.90. The van der Waals surface area contributed by atoms with Crippen molar-refractivity contribution < 1.29 is 17.9 Å². The summed E-state index contributed by atoms with van der Waals surface area (Å²) in [7, 11) is -3.40. The van der Waals surface area contributed by atoms with Crippen LogP contribution in [0.3, 0.4) is 0 Å². The van der Waals surface area contributed by atoms with Crippen LogP contribution in [-0.2, 0) is 28.7 Å². The van der Waals surface area contributed by atoms with E-state index in [1.165, 1.54) is 0 Å². The highest BCUT2D eigenvalue weighted by molar-refractivity contribution is 7.88. The number of halogens is 1. The van der Waals surface area contributed by atoms with Gasteiger partial charge in [0.05, 0.1) is 5.75 Å². The van der Waals surface area contributed by atoms with Crippen molar-refractivity contribution >= 4 is 21.6 Å². The summed E-state index contributed by atoms with van der Waals surface area (Å²) in [6.07, 6.45) is 0.672. The lowest BCUT2D eigenvalue weighted by molar-refractivity contribution is 0.171. The van der Waals surface area contributed by atoms with Gasteiger partial charge in [0.25, 0.3) is 0 Å². The number of benzene rings is 2. The van der Waals surface area contributed by atoms with Crippen LogP contribution in [0.1, 0.15) is 16.7 Å². The molecule has 132 valence electrons. The minimum atomic E-state index is -3.40. The van der Waals surface area contributed by atoms with E-state index in [4.69, 9.17) is 21.1 Å². The zero-order chi connectivity index (χ0) is 17.4. The quantitative estimate of drug-likeness (QED) is 0.822. The van der Waals surface area contributed by atoms with Crippen LogP contribution in [0.2, 0.25) is 5.02 Å². The van der Waals surface area contributed by atoms with Crippen LogP contribution in [0, 0.1) is 0 Å². The number of sulfonamides is 1. The summed E-state index contributed by atoms with van der Waals surface area (Å²) in [6, 6.07) is 10.8. The number of ether oxygens (including phenoxy) is 2. The molecule has 0 aromatic heterocycles. The highest BCUT2D eigenvalue weighted by Gasteiger charge is 2.28. The highest BCUT2D eigenvalue weighted by Crippen LogP contribution is 2.36. The second kappa shape index (κ2) is 6.52. The monoisotopic (exact) mass is 379 g/mol. The fraction of sp³-hybridized carbons (Fsp3) is 0.333. The average molecular weight is 380 g/mol. The van der Waals surface area contributed by atoms with Crippen molar-refractivity contribution in [3.05, 3.63) is 58.1 Å². The maximum absolute atomic E-state index is 12.8. The van der Waals surface area contributed by atoms with Crippen molar-refractivity contribution in [1.29, 1.82) is 0 Å². The first-order valence-electron chi connectivity index (χ1n) is 8.15. The molecule has 4 rings (SSSR count). The lowest BCUT2D eigenvalue weighted by atomic mass is 10.00. The van der Waals surface area contributed by atoms with E-state index in [2.05, 4.69) is 0 Å². The molecule has 2 heterocycles. The molecule has 2 aromatic carbocycles. The third-order valence-corrected chi connectivity index (χ3v) is 6.55. The molecule has 0 radical (unpaired) electrons. The molecule has 5 nitrogen and oxygen atoms in total. The van der Waals surface area contributed by atoms with E-state index in [1.807, 2.05) is 12.1 Å². The summed E-state index contributed by atoms with van der Waals surface area (Å²) in [5.74, 6) is 1.42. The molecule has 0 saturated heterocycles. The molecule has 25 heavy (non-hydrogen) atoms. The van der Waals surface area contributed by atoms with Crippen LogP contribution in [0.25, 0.3) is 0 Å². The Bertz CT molecular complexity index is 896. The van der Waals surface area contributed by atoms with Gasteiger partial charge >= 0.3 is 0 Å². The van der Waals surface area contributed by atoms with Gasteiger partial charge in [-0.1, -0.05) is 23.7 Å². The SMILES string of the molecule is O=S(=O)(Cc1ccc(Cl)cc1)N1CCc2cc3c(cc2C1)OCCO3. The number of hydrogen-bond acceptors (Lipinski definition) is 4. The first kappa shape index (κ1) is 16.7. The van der Waals surface area contributed by atoms with Gasteiger partial charge in [-0.25, -0.2) is 8.42 Å². The Kier molecular flexibility index (Phi) is 4.35. The maximum atomic E-state index is 12.8. The molecule has 0 N–H and O–H groups in total. The van der Waals surface area contributed by atoms with Crippen LogP contribution in [0.15, 0.2) is 36.4 Å². The average Bonchev–Trinajstić information content (AvgIpc) is 2.61. The van der Waals surface area contributed by atoms with E-state index >= 15 is 0 Å². The maximum Gasteiger partial charge on any atom is 0.218 e. The van der Waals surface area contributed by atoms with E-state index in [1.54, 1.807) is 28.6 Å². The third kappa shape index (κ3) is 3.47. The zero-order valence-corrected chi connectivity index (χ0v) is 15.1. The van der Waals surface area contributed by atoms with Gasteiger partial charge in [0, 0.05) is 18.1 Å². The second-order valence-electron chi connectivity index (χ2n) is 6.23. The van der Waals surface area contributed by atoms with E-state index < -0.39 is 10.0 Å². The molecular formula is C18H18ClNO4S. The largest absolute Gasteiger partial charge is 0.486 e. The predicted octanol–water partition coefficient (Wildman–Crippen LogP) is 3.00. The minimum Gasteiger partial charge on any atom is -0.486 e. The van der Waals surface area contributed by atoms with Crippen LogP contribution < -0.4 is 9.47 Å². The molecule has 2 aliphatic heterocycles. The minimum absolute atomic E-state index is 0.0238. The van der Waals surface area contributed by atoms with Crippen LogP contribution in [0.5, 0.6) is 11.5 Å². The molecule has 2 aromatic rings. The standard InChI is InChI=1S/C18H18ClNO4S/c19-16-3-1-13(2-4-16)12-25(21,22)20-6-5-14-9-17-18(10-15(14)11-20)24-8-7-23-17/h1-4,9-10H,5-8,11-12H2. The summed E-state index contributed by atoms with van der Waals surface area (Å²) in [4.78, 5) is 0. The van der Waals surface area contributed by atoms with E-state index in [0.29, 0.717) is 43.5 Å². The van der Waals surface area contributed by atoms with Gasteiger partial charge in [0.15, 0.2) is 11.5 Å². The molecule has 0 fully saturated rings. The Hall–Kier alpha value is -1.76. The van der Waals surface area contributed by atoms with E-state index in [9.17, 15) is 8.42 Å². The van der Waals surface area contributed by atoms with Gasteiger partial charge in [-0.3, -0.25) is 0 Å². The topological polar surface area (TPSA) is 55.8 Å². The summed E-state index contributed by atoms with van der Waals surface area (Å²) < 4.78 is 38.3. The van der Waals surface area contributed by atoms with E-state index in [0.717, 1.165) is 22.4 Å². The third-order valence-electron chi connectivity index (χ3n) is 4.50. The predicted molar refractivity (Wildman–Crippen MR) is 95.6 cm³/mol. The highest BCUT2D eigenvalue weighted by atomic mass is 35.5. The molecule has 7 heteroatoms. The van der Waals surface area contributed by atoms with Crippen LogP contribution >= 0.6 is 11.6 Å². The van der Waals surface area contributed by atoms with Gasteiger partial charge in [-0.2, -0.15) is 4.31 Å². The van der Waals surface area contributed by atoms with Crippen molar-refractivity contribution in [2.45, 2.75) is 18.7 Å². The molecule has 0 aliphatic carbocycles. The van der Waals surface area contributed by atoms with Crippen molar-refractivity contribution in [2.75, 3.05) is 19.8 Å². The fourth-order valence-electron chi connectivity index (χ4n) is 3.19. The molecule has 0 atom stereocenters. The van der Waals surface area contributed by atoms with E-state index in [-0.39, 0.29) is 5.75 Å². The normalized spacial score (nSPS) is 17.2. The van der Waals surface area contributed by atoms with Crippen molar-refractivity contribution in [3.8, 4) is 11.5 Å². The first-order chi connectivity index (χ1) is 12.0. The molecule has 0 amide bonds. The van der Waals surface area contributed by atoms with Gasteiger partial charge < -0.3 is 9.47 Å². The Morgan fingerprint density at radius 3 is 2.32 bits per heavy atom. The Labute approximate surface area is 152 Å². The molecular weight excluding hydrogens is 362 g/mol. The molecule has 0 bridgehead atoms. The van der Waals surface area contributed by atoms with Gasteiger partial charge in [-0.15, -0.1) is 0 Å². The summed E-state index contributed by atoms with van der Waals surface area (Å²) in [5.41, 5.74) is 2.84. The van der Waals surface area contributed by atoms with Gasteiger partial charge in [-0.05, 0) is 47.4 Å². The number of fused-ring (bicyclic) bond motifs is 2. The number of hydrogen-bond donors (Lipinski definition) is 0. The molecule has 0 saturated carbocycles. The zero-order valence-electron chi connectivity index (χ0n) is 13.6. The van der Waals surface area contributed by atoms with Crippen molar-refractivity contribution in [3.63, 3.8) is 0 Å². The van der Waals surface area contributed by atoms with Gasteiger partial charge in [0.1, 0.15) is 13.2 Å². The summed E-state index contributed by atoms with van der Waals surface area (Å²) in [5, 5.41) is 0.597. The first-order valence-corrected chi connectivity index (χ1v) is 10.1. The lowest BCUT2D eigenvalue weighted by Crippen LogP contribution is -2.36. The summed E-state index contributed by atoms with van der Waals surface area (Å²) >= 11 is 5.86. The van der Waals surface area contributed by atoms with Crippen molar-refractivity contribution in [2.24, 2.45) is 0 Å². The molecule has 2 aliphatic rings. The van der Waals surface area contributed by atoms with Crippen LogP contribution in [-0.4, -0.2) is 32.5 Å². The fourth-order valence-corrected chi connectivity index (χ4v) is 4.81. The van der Waals surface area contributed by atoms with Crippen molar-refractivity contribution in [1.82, 2.24) is 4.31 Å². The molecule has 0 spiro atoms. The number of nitrogens with zero attached hydrogens (tertiary/aromatic N) is 1. The Morgan fingerprint density at radius 1 is 1.00 bits per heavy atom. The Morgan fingerprint density at radius 2 is 1.64 bits per heavy atom. The van der Waals surface area contributed by atoms with Gasteiger partial charge in [0.2, 0.25) is 10.0 Å².